The van der Waals surface area contributed by atoms with Gasteiger partial charge in [-0.15, -0.1) is 0 Å². The summed E-state index contributed by atoms with van der Waals surface area (Å²) < 4.78 is 10.4. The first-order chi connectivity index (χ1) is 9.65. The molecular formula is C16H12O3S. The normalized spacial score (nSPS) is 12.7. The minimum absolute atomic E-state index is 0.0369. The van der Waals surface area contributed by atoms with Crippen LogP contribution in [-0.4, -0.2) is 24.9 Å². The van der Waals surface area contributed by atoms with Crippen LogP contribution in [0.25, 0.3) is 0 Å². The maximum atomic E-state index is 12.6. The smallest absolute Gasteiger partial charge is 0.194 e. The average molecular weight is 284 g/mol. The molecule has 4 heteroatoms. The summed E-state index contributed by atoms with van der Waals surface area (Å²) in [6, 6.07) is 10.7. The predicted octanol–water partition coefficient (Wildman–Crippen LogP) is 3.01. The average Bonchev–Trinajstić information content (AvgIpc) is 2.51. The first kappa shape index (κ1) is 12.8. The highest BCUT2D eigenvalue weighted by Crippen LogP contribution is 2.32. The zero-order chi connectivity index (χ0) is 14.3. The Balaban J connectivity index is 2.22. The summed E-state index contributed by atoms with van der Waals surface area (Å²) in [5.74, 6) is 1.30. The van der Waals surface area contributed by atoms with Crippen LogP contribution >= 0.6 is 12.2 Å². The van der Waals surface area contributed by atoms with Gasteiger partial charge in [0, 0.05) is 22.3 Å². The third kappa shape index (κ3) is 1.80. The molecule has 0 aromatic heterocycles. The molecule has 0 heterocycles. The first-order valence-corrected chi connectivity index (χ1v) is 6.52. The van der Waals surface area contributed by atoms with Gasteiger partial charge >= 0.3 is 0 Å². The Labute approximate surface area is 122 Å². The molecule has 0 unspecified atom stereocenters. The van der Waals surface area contributed by atoms with Crippen LogP contribution in [0.3, 0.4) is 0 Å². The molecule has 0 saturated heterocycles. The van der Waals surface area contributed by atoms with Crippen LogP contribution in [0, 0.1) is 0 Å². The molecule has 20 heavy (non-hydrogen) atoms. The molecule has 2 aromatic carbocycles. The number of methoxy groups -OCH3 is 2. The number of carbonyl (C=O) groups excluding carboxylic acids is 1. The first-order valence-electron chi connectivity index (χ1n) is 6.11. The quantitative estimate of drug-likeness (QED) is 0.678. The van der Waals surface area contributed by atoms with Crippen LogP contribution < -0.4 is 9.47 Å². The molecule has 0 radical (unpaired) electrons. The van der Waals surface area contributed by atoms with E-state index in [4.69, 9.17) is 21.7 Å². The molecule has 1 aliphatic carbocycles. The van der Waals surface area contributed by atoms with Gasteiger partial charge in [0.1, 0.15) is 11.5 Å². The topological polar surface area (TPSA) is 35.5 Å². The molecule has 0 saturated carbocycles. The van der Waals surface area contributed by atoms with E-state index in [1.54, 1.807) is 32.4 Å². The number of hydrogen-bond acceptors (Lipinski definition) is 4. The van der Waals surface area contributed by atoms with Gasteiger partial charge in [-0.2, -0.15) is 0 Å². The SMILES string of the molecule is COc1ccc2c(c1)C(=O)c1ccc(OC)cc1C2=S. The summed E-state index contributed by atoms with van der Waals surface area (Å²) in [5, 5.41) is 0. The fraction of sp³-hybridized carbons (Fsp3) is 0.125. The summed E-state index contributed by atoms with van der Waals surface area (Å²) in [7, 11) is 3.17. The number of thiocarbonyl (C=S) groups is 1. The van der Waals surface area contributed by atoms with Crippen LogP contribution in [0.4, 0.5) is 0 Å². The van der Waals surface area contributed by atoms with Crippen LogP contribution in [0.1, 0.15) is 27.0 Å². The highest BCUT2D eigenvalue weighted by Gasteiger charge is 2.27. The second kappa shape index (κ2) is 4.72. The largest absolute Gasteiger partial charge is 0.497 e. The van der Waals surface area contributed by atoms with E-state index in [9.17, 15) is 4.79 Å². The van der Waals surface area contributed by atoms with E-state index in [0.717, 1.165) is 11.1 Å². The Morgan fingerprint density at radius 3 is 1.95 bits per heavy atom. The van der Waals surface area contributed by atoms with Gasteiger partial charge in [0.15, 0.2) is 5.78 Å². The van der Waals surface area contributed by atoms with E-state index in [0.29, 0.717) is 27.5 Å². The Morgan fingerprint density at radius 1 is 0.800 bits per heavy atom. The van der Waals surface area contributed by atoms with E-state index in [2.05, 4.69) is 0 Å². The molecule has 0 N–H and O–H groups in total. The lowest BCUT2D eigenvalue weighted by Crippen LogP contribution is -2.20. The lowest BCUT2D eigenvalue weighted by molar-refractivity contribution is 0.103. The van der Waals surface area contributed by atoms with E-state index in [1.807, 2.05) is 18.2 Å². The highest BCUT2D eigenvalue weighted by atomic mass is 32.1. The van der Waals surface area contributed by atoms with E-state index >= 15 is 0 Å². The Hall–Kier alpha value is -2.20. The second-order valence-corrected chi connectivity index (χ2v) is 4.89. The highest BCUT2D eigenvalue weighted by molar-refractivity contribution is 7.81. The molecule has 3 rings (SSSR count). The van der Waals surface area contributed by atoms with Gasteiger partial charge in [-0.25, -0.2) is 0 Å². The molecule has 100 valence electrons. The Bertz CT molecular complexity index is 671. The summed E-state index contributed by atoms with van der Waals surface area (Å²) in [6.07, 6.45) is 0. The Morgan fingerprint density at radius 2 is 1.35 bits per heavy atom. The van der Waals surface area contributed by atoms with E-state index in [-0.39, 0.29) is 5.78 Å². The van der Waals surface area contributed by atoms with Crippen molar-refractivity contribution < 1.29 is 14.3 Å². The van der Waals surface area contributed by atoms with Crippen molar-refractivity contribution >= 4 is 22.9 Å². The Kier molecular flexibility index (Phi) is 3.03. The fourth-order valence-electron chi connectivity index (χ4n) is 2.36. The van der Waals surface area contributed by atoms with Gasteiger partial charge in [-0.05, 0) is 36.4 Å². The second-order valence-electron chi connectivity index (χ2n) is 4.48. The van der Waals surface area contributed by atoms with Crippen LogP contribution in [0.5, 0.6) is 11.5 Å². The number of hydrogen-bond donors (Lipinski definition) is 0. The van der Waals surface area contributed by atoms with E-state index in [1.165, 1.54) is 0 Å². The lowest BCUT2D eigenvalue weighted by Gasteiger charge is -2.20. The molecule has 0 amide bonds. The molecule has 2 aromatic rings. The molecule has 0 bridgehead atoms. The maximum Gasteiger partial charge on any atom is 0.194 e. The van der Waals surface area contributed by atoms with Gasteiger partial charge < -0.3 is 9.47 Å². The molecule has 0 atom stereocenters. The summed E-state index contributed by atoms with van der Waals surface area (Å²) in [4.78, 5) is 13.2. The lowest BCUT2D eigenvalue weighted by atomic mass is 9.84. The van der Waals surface area contributed by atoms with Crippen molar-refractivity contribution in [2.75, 3.05) is 14.2 Å². The predicted molar refractivity (Wildman–Crippen MR) is 80.2 cm³/mol. The van der Waals surface area contributed by atoms with Gasteiger partial charge in [-0.3, -0.25) is 4.79 Å². The molecule has 0 fully saturated rings. The fourth-order valence-corrected chi connectivity index (χ4v) is 2.71. The van der Waals surface area contributed by atoms with Crippen LogP contribution in [0.15, 0.2) is 36.4 Å². The molecule has 0 aliphatic heterocycles. The monoisotopic (exact) mass is 284 g/mol. The maximum absolute atomic E-state index is 12.6. The third-order valence-corrected chi connectivity index (χ3v) is 3.87. The van der Waals surface area contributed by atoms with Gasteiger partial charge in [-0.1, -0.05) is 12.2 Å². The zero-order valence-corrected chi connectivity index (χ0v) is 11.9. The minimum atomic E-state index is -0.0369. The van der Waals surface area contributed by atoms with Crippen molar-refractivity contribution in [3.8, 4) is 11.5 Å². The van der Waals surface area contributed by atoms with Crippen molar-refractivity contribution in [1.82, 2.24) is 0 Å². The van der Waals surface area contributed by atoms with Crippen molar-refractivity contribution in [3.63, 3.8) is 0 Å². The minimum Gasteiger partial charge on any atom is -0.497 e. The number of carbonyl (C=O) groups is 1. The zero-order valence-electron chi connectivity index (χ0n) is 11.1. The van der Waals surface area contributed by atoms with Crippen molar-refractivity contribution in [2.45, 2.75) is 0 Å². The summed E-state index contributed by atoms with van der Waals surface area (Å²) in [6.45, 7) is 0. The summed E-state index contributed by atoms with van der Waals surface area (Å²) >= 11 is 5.51. The van der Waals surface area contributed by atoms with Crippen molar-refractivity contribution in [2.24, 2.45) is 0 Å². The number of ketones is 1. The summed E-state index contributed by atoms with van der Waals surface area (Å²) in [5.41, 5.74) is 2.72. The van der Waals surface area contributed by atoms with Gasteiger partial charge in [0.05, 0.1) is 19.1 Å². The van der Waals surface area contributed by atoms with E-state index < -0.39 is 0 Å². The van der Waals surface area contributed by atoms with Gasteiger partial charge in [0.2, 0.25) is 0 Å². The van der Waals surface area contributed by atoms with Crippen molar-refractivity contribution in [3.05, 3.63) is 58.7 Å². The van der Waals surface area contributed by atoms with Crippen LogP contribution in [0.2, 0.25) is 0 Å². The standard InChI is InChI=1S/C16H12O3S/c1-18-9-4-6-12-13(7-9)15(17)11-5-3-10(19-2)8-14(11)16(12)20/h3-8H,1-2H3. The number of benzene rings is 2. The van der Waals surface area contributed by atoms with Crippen LogP contribution in [-0.2, 0) is 0 Å². The molecule has 3 nitrogen and oxygen atoms in total. The van der Waals surface area contributed by atoms with Crippen molar-refractivity contribution in [1.29, 1.82) is 0 Å². The number of ether oxygens (including phenoxy) is 2. The molecule has 0 spiro atoms. The molecule has 1 aliphatic rings. The third-order valence-electron chi connectivity index (χ3n) is 3.43. The number of rotatable bonds is 2. The molecular weight excluding hydrogens is 272 g/mol. The number of fused-ring (bicyclic) bond motifs is 2. The van der Waals surface area contributed by atoms with Gasteiger partial charge in [0.25, 0.3) is 0 Å².